The van der Waals surface area contributed by atoms with Crippen LogP contribution in [0.5, 0.6) is 0 Å². The van der Waals surface area contributed by atoms with Gasteiger partial charge in [0.2, 0.25) is 5.91 Å². The second-order valence-corrected chi connectivity index (χ2v) is 6.38. The van der Waals surface area contributed by atoms with Crippen molar-refractivity contribution in [3.63, 3.8) is 0 Å². The average molecular weight is 317 g/mol. The molecule has 0 saturated carbocycles. The Bertz CT molecular complexity index is 470. The molecular weight excluding hydrogens is 296 g/mol. The lowest BCUT2D eigenvalue weighted by Crippen LogP contribution is -2.49. The number of urea groups is 1. The van der Waals surface area contributed by atoms with E-state index in [4.69, 9.17) is 0 Å². The van der Waals surface area contributed by atoms with Crippen molar-refractivity contribution < 1.29 is 14.4 Å². The number of hydrogen-bond donors (Lipinski definition) is 2. The van der Waals surface area contributed by atoms with E-state index in [2.05, 4.69) is 10.6 Å². The molecule has 3 rings (SSSR count). The van der Waals surface area contributed by atoms with Crippen LogP contribution < -0.4 is 10.6 Å². The minimum absolute atomic E-state index is 0. The number of likely N-dealkylation sites (tertiary alicyclic amines) is 1. The number of halogens is 1. The van der Waals surface area contributed by atoms with Gasteiger partial charge in [-0.1, -0.05) is 0 Å². The van der Waals surface area contributed by atoms with Crippen molar-refractivity contribution in [3.05, 3.63) is 0 Å². The van der Waals surface area contributed by atoms with Gasteiger partial charge in [-0.15, -0.1) is 12.4 Å². The molecule has 21 heavy (non-hydrogen) atoms. The summed E-state index contributed by atoms with van der Waals surface area (Å²) >= 11 is 0. The second-order valence-electron chi connectivity index (χ2n) is 6.38. The Morgan fingerprint density at radius 1 is 1.24 bits per heavy atom. The number of imide groups is 1. The summed E-state index contributed by atoms with van der Waals surface area (Å²) in [4.78, 5) is 38.9. The van der Waals surface area contributed by atoms with Gasteiger partial charge in [-0.25, -0.2) is 4.79 Å². The summed E-state index contributed by atoms with van der Waals surface area (Å²) in [5.74, 6) is 0.636. The molecule has 0 aromatic carbocycles. The van der Waals surface area contributed by atoms with Gasteiger partial charge < -0.3 is 15.1 Å². The maximum absolute atomic E-state index is 12.3. The fraction of sp³-hybridized carbons (Fsp3) is 0.769. The number of rotatable bonds is 2. The SMILES string of the molecule is CC1(C)C(=O)NC(=O)N1CC(=O)N1C[C@H]2CNC[C@H]2C1.Cl. The predicted molar refractivity (Wildman–Crippen MR) is 78.0 cm³/mol. The molecule has 3 aliphatic heterocycles. The summed E-state index contributed by atoms with van der Waals surface area (Å²) in [6.07, 6.45) is 0. The van der Waals surface area contributed by atoms with Crippen LogP contribution in [0.25, 0.3) is 0 Å². The lowest BCUT2D eigenvalue weighted by molar-refractivity contribution is -0.133. The van der Waals surface area contributed by atoms with E-state index in [0.29, 0.717) is 11.8 Å². The molecule has 8 heteroatoms. The number of hydrogen-bond acceptors (Lipinski definition) is 4. The van der Waals surface area contributed by atoms with Crippen molar-refractivity contribution >= 4 is 30.3 Å². The summed E-state index contributed by atoms with van der Waals surface area (Å²) in [6.45, 7) is 6.70. The molecule has 2 N–H and O–H groups in total. The third kappa shape index (κ3) is 2.60. The molecule has 0 radical (unpaired) electrons. The monoisotopic (exact) mass is 316 g/mol. The van der Waals surface area contributed by atoms with Crippen LogP contribution in [0.1, 0.15) is 13.8 Å². The first kappa shape index (κ1) is 16.0. The maximum Gasteiger partial charge on any atom is 0.325 e. The van der Waals surface area contributed by atoms with Crippen molar-refractivity contribution in [3.8, 4) is 0 Å². The molecule has 3 aliphatic rings. The Kier molecular flexibility index (Phi) is 4.17. The van der Waals surface area contributed by atoms with Crippen molar-refractivity contribution in [1.82, 2.24) is 20.4 Å². The van der Waals surface area contributed by atoms with Gasteiger partial charge >= 0.3 is 6.03 Å². The first-order chi connectivity index (χ1) is 9.39. The highest BCUT2D eigenvalue weighted by Gasteiger charge is 2.47. The molecule has 4 amide bonds. The molecule has 3 saturated heterocycles. The van der Waals surface area contributed by atoms with Crippen LogP contribution in [0.2, 0.25) is 0 Å². The average Bonchev–Trinajstić information content (AvgIpc) is 2.98. The van der Waals surface area contributed by atoms with E-state index in [1.807, 2.05) is 4.90 Å². The van der Waals surface area contributed by atoms with Crippen LogP contribution in [0.3, 0.4) is 0 Å². The van der Waals surface area contributed by atoms with Crippen molar-refractivity contribution in [2.45, 2.75) is 19.4 Å². The fourth-order valence-corrected chi connectivity index (χ4v) is 3.26. The molecule has 0 aromatic heterocycles. The fourth-order valence-electron chi connectivity index (χ4n) is 3.26. The first-order valence-corrected chi connectivity index (χ1v) is 7.01. The van der Waals surface area contributed by atoms with E-state index in [0.717, 1.165) is 26.2 Å². The van der Waals surface area contributed by atoms with E-state index in [9.17, 15) is 14.4 Å². The zero-order valence-corrected chi connectivity index (χ0v) is 13.0. The topological polar surface area (TPSA) is 81.8 Å². The summed E-state index contributed by atoms with van der Waals surface area (Å²) in [5.41, 5.74) is -0.954. The van der Waals surface area contributed by atoms with Gasteiger partial charge in [-0.2, -0.15) is 0 Å². The summed E-state index contributed by atoms with van der Waals surface area (Å²) < 4.78 is 0. The molecule has 0 aromatic rings. The quantitative estimate of drug-likeness (QED) is 0.668. The van der Waals surface area contributed by atoms with Gasteiger partial charge in [0.1, 0.15) is 12.1 Å². The highest BCUT2D eigenvalue weighted by atomic mass is 35.5. The smallest absolute Gasteiger partial charge is 0.325 e. The highest BCUT2D eigenvalue weighted by molar-refractivity contribution is 6.07. The van der Waals surface area contributed by atoms with Gasteiger partial charge in [0.25, 0.3) is 5.91 Å². The molecule has 3 heterocycles. The van der Waals surface area contributed by atoms with Gasteiger partial charge in [0, 0.05) is 26.2 Å². The molecule has 2 atom stereocenters. The molecule has 3 fully saturated rings. The third-order valence-electron chi connectivity index (χ3n) is 4.73. The van der Waals surface area contributed by atoms with Crippen LogP contribution in [-0.2, 0) is 9.59 Å². The molecule has 118 valence electrons. The lowest BCUT2D eigenvalue weighted by atomic mass is 10.0. The van der Waals surface area contributed by atoms with Crippen LogP contribution in [0.4, 0.5) is 4.79 Å². The zero-order valence-electron chi connectivity index (χ0n) is 12.2. The zero-order chi connectivity index (χ0) is 14.5. The predicted octanol–water partition coefficient (Wildman–Crippen LogP) is -0.584. The number of nitrogens with one attached hydrogen (secondary N) is 2. The van der Waals surface area contributed by atoms with Crippen molar-refractivity contribution in [1.29, 1.82) is 0 Å². The van der Waals surface area contributed by atoms with Crippen LogP contribution in [0.15, 0.2) is 0 Å². The van der Waals surface area contributed by atoms with Crippen LogP contribution >= 0.6 is 12.4 Å². The van der Waals surface area contributed by atoms with Gasteiger partial charge in [-0.3, -0.25) is 14.9 Å². The molecule has 0 unspecified atom stereocenters. The number of nitrogens with zero attached hydrogens (tertiary/aromatic N) is 2. The molecule has 7 nitrogen and oxygen atoms in total. The van der Waals surface area contributed by atoms with E-state index in [-0.39, 0.29) is 30.8 Å². The Labute approximate surface area is 129 Å². The lowest BCUT2D eigenvalue weighted by Gasteiger charge is -2.29. The minimum Gasteiger partial charge on any atom is -0.340 e. The van der Waals surface area contributed by atoms with Gasteiger partial charge in [0.05, 0.1) is 0 Å². The van der Waals surface area contributed by atoms with Crippen molar-refractivity contribution in [2.24, 2.45) is 11.8 Å². The van der Waals surface area contributed by atoms with Crippen LogP contribution in [0, 0.1) is 11.8 Å². The van der Waals surface area contributed by atoms with E-state index < -0.39 is 11.6 Å². The molecule has 0 spiro atoms. The second kappa shape index (κ2) is 5.46. The van der Waals surface area contributed by atoms with Crippen molar-refractivity contribution in [2.75, 3.05) is 32.7 Å². The largest absolute Gasteiger partial charge is 0.340 e. The number of carbonyl (C=O) groups excluding carboxylic acids is 3. The molecule has 0 bridgehead atoms. The number of amides is 4. The van der Waals surface area contributed by atoms with E-state index >= 15 is 0 Å². The Morgan fingerprint density at radius 2 is 1.81 bits per heavy atom. The third-order valence-corrected chi connectivity index (χ3v) is 4.73. The Hall–Kier alpha value is -1.34. The van der Waals surface area contributed by atoms with E-state index in [1.165, 1.54) is 4.90 Å². The van der Waals surface area contributed by atoms with Crippen LogP contribution in [-0.4, -0.2) is 65.9 Å². The maximum atomic E-state index is 12.3. The molecular formula is C13H21ClN4O3. The summed E-state index contributed by atoms with van der Waals surface area (Å²) in [7, 11) is 0. The normalized spacial score (nSPS) is 30.2. The minimum atomic E-state index is -0.954. The number of fused-ring (bicyclic) bond motifs is 1. The summed E-state index contributed by atoms with van der Waals surface area (Å²) in [6, 6.07) is -0.477. The van der Waals surface area contributed by atoms with E-state index in [1.54, 1.807) is 13.8 Å². The van der Waals surface area contributed by atoms with Gasteiger partial charge in [0.15, 0.2) is 0 Å². The highest BCUT2D eigenvalue weighted by Crippen LogP contribution is 2.27. The Balaban J connectivity index is 0.00000161. The van der Waals surface area contributed by atoms with Gasteiger partial charge in [-0.05, 0) is 25.7 Å². The molecule has 0 aliphatic carbocycles. The first-order valence-electron chi connectivity index (χ1n) is 7.01. The summed E-state index contributed by atoms with van der Waals surface area (Å²) in [5, 5.41) is 5.59. The standard InChI is InChI=1S/C13H20N4O3.ClH/c1-13(2)11(19)15-12(20)17(13)7-10(18)16-5-8-3-14-4-9(8)6-16;/h8-9,14H,3-7H2,1-2H3,(H,15,19,20);1H/t8-,9+;. The Morgan fingerprint density at radius 3 is 2.29 bits per heavy atom. The number of carbonyl (C=O) groups is 3.